The van der Waals surface area contributed by atoms with Crippen molar-refractivity contribution < 1.29 is 13.9 Å². The van der Waals surface area contributed by atoms with Gasteiger partial charge in [-0.05, 0) is 31.2 Å². The van der Waals surface area contributed by atoms with Crippen LogP contribution in [-0.2, 0) is 9.53 Å². The van der Waals surface area contributed by atoms with Gasteiger partial charge in [-0.15, -0.1) is 11.3 Å². The van der Waals surface area contributed by atoms with Gasteiger partial charge in [-0.3, -0.25) is 0 Å². The third-order valence-electron chi connectivity index (χ3n) is 2.42. The van der Waals surface area contributed by atoms with Crippen molar-refractivity contribution >= 4 is 34.6 Å². The Bertz CT molecular complexity index is 588. The highest BCUT2D eigenvalue weighted by atomic mass is 35.5. The van der Waals surface area contributed by atoms with Crippen LogP contribution in [0.2, 0.25) is 4.34 Å². The molecule has 106 valence electrons. The number of ether oxygens (including phenoxy) is 1. The first kappa shape index (κ1) is 14.7. The number of benzene rings is 1. The third kappa shape index (κ3) is 3.68. The second-order valence-electron chi connectivity index (χ2n) is 3.84. The van der Waals surface area contributed by atoms with Crippen molar-refractivity contribution in [1.29, 1.82) is 0 Å². The Morgan fingerprint density at radius 3 is 2.75 bits per heavy atom. The summed E-state index contributed by atoms with van der Waals surface area (Å²) < 4.78 is 18.4. The van der Waals surface area contributed by atoms with Gasteiger partial charge in [0.2, 0.25) is 0 Å². The fraction of sp³-hybridized carbons (Fsp3) is 0.231. The maximum absolute atomic E-state index is 12.9. The number of hydrogen-bond acceptors (Lipinski definition) is 5. The fourth-order valence-corrected chi connectivity index (χ4v) is 2.53. The molecule has 0 bridgehead atoms. The summed E-state index contributed by atoms with van der Waals surface area (Å²) in [5.74, 6) is -0.802. The smallest absolute Gasteiger partial charge is 0.335 e. The third-order valence-corrected chi connectivity index (χ3v) is 3.60. The summed E-state index contributed by atoms with van der Waals surface area (Å²) in [6.07, 6.45) is 1.47. The molecule has 4 nitrogen and oxygen atoms in total. The van der Waals surface area contributed by atoms with Crippen molar-refractivity contribution in [2.24, 2.45) is 0 Å². The Kier molecular flexibility index (Phi) is 4.92. The van der Waals surface area contributed by atoms with Gasteiger partial charge in [0, 0.05) is 5.69 Å². The minimum atomic E-state index is -0.766. The van der Waals surface area contributed by atoms with Crippen LogP contribution in [-0.4, -0.2) is 17.6 Å². The summed E-state index contributed by atoms with van der Waals surface area (Å²) in [7, 11) is 0. The van der Waals surface area contributed by atoms with Crippen LogP contribution in [0.5, 0.6) is 0 Å². The van der Waals surface area contributed by atoms with E-state index in [1.807, 2.05) is 0 Å². The van der Waals surface area contributed by atoms with Crippen molar-refractivity contribution in [1.82, 2.24) is 4.98 Å². The van der Waals surface area contributed by atoms with E-state index in [9.17, 15) is 9.18 Å². The van der Waals surface area contributed by atoms with E-state index < -0.39 is 12.0 Å². The van der Waals surface area contributed by atoms with Crippen LogP contribution in [0.3, 0.4) is 0 Å². The van der Waals surface area contributed by atoms with Gasteiger partial charge >= 0.3 is 5.97 Å². The lowest BCUT2D eigenvalue weighted by atomic mass is 10.2. The van der Waals surface area contributed by atoms with Crippen LogP contribution < -0.4 is 5.32 Å². The normalized spacial score (nSPS) is 11.9. The van der Waals surface area contributed by atoms with Crippen molar-refractivity contribution in [2.75, 3.05) is 11.9 Å². The van der Waals surface area contributed by atoms with Crippen molar-refractivity contribution in [3.63, 3.8) is 0 Å². The zero-order valence-corrected chi connectivity index (χ0v) is 12.2. The molecule has 0 saturated heterocycles. The van der Waals surface area contributed by atoms with Crippen LogP contribution in [0.25, 0.3) is 0 Å². The molecule has 7 heteroatoms. The Hall–Kier alpha value is -1.66. The lowest BCUT2D eigenvalue weighted by Crippen LogP contribution is -2.23. The van der Waals surface area contributed by atoms with Crippen molar-refractivity contribution in [3.8, 4) is 0 Å². The number of esters is 1. The number of nitrogens with zero attached hydrogens (tertiary/aromatic N) is 1. The van der Waals surface area contributed by atoms with E-state index >= 15 is 0 Å². The SMILES string of the molecule is CCOC(=O)C(Nc1ccc(F)cc1)c1ncc(Cl)s1. The van der Waals surface area contributed by atoms with Crippen molar-refractivity contribution in [3.05, 3.63) is 45.6 Å². The van der Waals surface area contributed by atoms with Crippen LogP contribution in [0.15, 0.2) is 30.5 Å². The molecule has 2 rings (SSSR count). The Morgan fingerprint density at radius 2 is 2.20 bits per heavy atom. The zero-order valence-electron chi connectivity index (χ0n) is 10.6. The zero-order chi connectivity index (χ0) is 14.5. The number of carbonyl (C=O) groups is 1. The Balaban J connectivity index is 2.22. The van der Waals surface area contributed by atoms with E-state index in [1.54, 1.807) is 6.92 Å². The molecule has 2 aromatic rings. The molecule has 0 radical (unpaired) electrons. The number of nitrogens with one attached hydrogen (secondary N) is 1. The Labute approximate surface area is 124 Å². The number of carbonyl (C=O) groups excluding carboxylic acids is 1. The van der Waals surface area contributed by atoms with Gasteiger partial charge in [-0.2, -0.15) is 0 Å². The van der Waals surface area contributed by atoms with E-state index in [4.69, 9.17) is 16.3 Å². The first-order valence-corrected chi connectivity index (χ1v) is 7.09. The summed E-state index contributed by atoms with van der Waals surface area (Å²) in [5.41, 5.74) is 0.593. The van der Waals surface area contributed by atoms with E-state index in [1.165, 1.54) is 41.8 Å². The lowest BCUT2D eigenvalue weighted by molar-refractivity contribution is -0.144. The molecule has 1 atom stereocenters. The van der Waals surface area contributed by atoms with Gasteiger partial charge in [-0.25, -0.2) is 14.2 Å². The average molecular weight is 315 g/mol. The summed E-state index contributed by atoms with van der Waals surface area (Å²) in [5, 5.41) is 3.47. The molecule has 1 aromatic heterocycles. The number of aromatic nitrogens is 1. The molecule has 0 aliphatic heterocycles. The number of halogens is 2. The molecule has 0 fully saturated rings. The van der Waals surface area contributed by atoms with Crippen LogP contribution in [0, 0.1) is 5.82 Å². The van der Waals surface area contributed by atoms with Crippen LogP contribution in [0.4, 0.5) is 10.1 Å². The predicted octanol–water partition coefficient (Wildman–Crippen LogP) is 3.65. The average Bonchev–Trinajstić information content (AvgIpc) is 2.84. The van der Waals surface area contributed by atoms with E-state index in [0.29, 0.717) is 15.0 Å². The number of rotatable bonds is 5. The molecule has 1 aromatic carbocycles. The first-order valence-electron chi connectivity index (χ1n) is 5.90. The molecule has 20 heavy (non-hydrogen) atoms. The van der Waals surface area contributed by atoms with Gasteiger partial charge < -0.3 is 10.1 Å². The molecule has 0 aliphatic rings. The topological polar surface area (TPSA) is 51.2 Å². The monoisotopic (exact) mass is 314 g/mol. The molecular weight excluding hydrogens is 303 g/mol. The Morgan fingerprint density at radius 1 is 1.50 bits per heavy atom. The first-order chi connectivity index (χ1) is 9.60. The van der Waals surface area contributed by atoms with Gasteiger partial charge in [0.15, 0.2) is 6.04 Å². The highest BCUT2D eigenvalue weighted by Crippen LogP contribution is 2.27. The molecule has 1 N–H and O–H groups in total. The molecule has 1 heterocycles. The molecule has 0 amide bonds. The van der Waals surface area contributed by atoms with E-state index in [2.05, 4.69) is 10.3 Å². The largest absolute Gasteiger partial charge is 0.464 e. The second-order valence-corrected chi connectivity index (χ2v) is 5.53. The molecular formula is C13H12ClFN2O2S. The molecule has 0 spiro atoms. The van der Waals surface area contributed by atoms with Crippen LogP contribution >= 0.6 is 22.9 Å². The molecule has 0 saturated carbocycles. The van der Waals surface area contributed by atoms with Gasteiger partial charge in [0.05, 0.1) is 12.8 Å². The lowest BCUT2D eigenvalue weighted by Gasteiger charge is -2.16. The number of hydrogen-bond donors (Lipinski definition) is 1. The highest BCUT2D eigenvalue weighted by molar-refractivity contribution is 7.16. The highest BCUT2D eigenvalue weighted by Gasteiger charge is 2.25. The maximum Gasteiger partial charge on any atom is 0.335 e. The summed E-state index contributed by atoms with van der Waals surface area (Å²) in [6.45, 7) is 1.99. The standard InChI is InChI=1S/C13H12ClFN2O2S/c1-2-19-13(18)11(12-16-7-10(14)20-12)17-9-5-3-8(15)4-6-9/h3-7,11,17H,2H2,1H3. The summed E-state index contributed by atoms with van der Waals surface area (Å²) in [4.78, 5) is 16.1. The summed E-state index contributed by atoms with van der Waals surface area (Å²) >= 11 is 7.03. The van der Waals surface area contributed by atoms with Gasteiger partial charge in [-0.1, -0.05) is 11.6 Å². The quantitative estimate of drug-likeness (QED) is 0.856. The predicted molar refractivity (Wildman–Crippen MR) is 76.5 cm³/mol. The van der Waals surface area contributed by atoms with E-state index in [-0.39, 0.29) is 12.4 Å². The fourth-order valence-electron chi connectivity index (χ4n) is 1.56. The maximum atomic E-state index is 12.9. The minimum absolute atomic E-state index is 0.263. The molecule has 1 unspecified atom stereocenters. The molecule has 0 aliphatic carbocycles. The number of thiazole rings is 1. The van der Waals surface area contributed by atoms with Crippen LogP contribution in [0.1, 0.15) is 18.0 Å². The minimum Gasteiger partial charge on any atom is -0.464 e. The van der Waals surface area contributed by atoms with Gasteiger partial charge in [0.25, 0.3) is 0 Å². The summed E-state index contributed by atoms with van der Waals surface area (Å²) in [6, 6.07) is 4.92. The second kappa shape index (κ2) is 6.67. The van der Waals surface area contributed by atoms with Gasteiger partial charge in [0.1, 0.15) is 15.2 Å². The van der Waals surface area contributed by atoms with E-state index in [0.717, 1.165) is 0 Å². The number of anilines is 1. The van der Waals surface area contributed by atoms with Crippen molar-refractivity contribution in [2.45, 2.75) is 13.0 Å².